The summed E-state index contributed by atoms with van der Waals surface area (Å²) < 4.78 is 5.24. The third kappa shape index (κ3) is 6.05. The highest BCUT2D eigenvalue weighted by Gasteiger charge is 2.16. The number of anilines is 5. The second kappa shape index (κ2) is 8.96. The van der Waals surface area contributed by atoms with E-state index in [-0.39, 0.29) is 0 Å². The van der Waals surface area contributed by atoms with Gasteiger partial charge in [-0.05, 0) is 63.2 Å². The SMILES string of the molecule is CN(c1cccc(Cl)c1)c1ncnc(Nc2ccc(NC(=O)OC(C)(C)C)cc2)n1. The van der Waals surface area contributed by atoms with Gasteiger partial charge in [0.05, 0.1) is 0 Å². The van der Waals surface area contributed by atoms with Crippen LogP contribution in [0.4, 0.5) is 33.8 Å². The number of nitrogens with zero attached hydrogens (tertiary/aromatic N) is 4. The predicted molar refractivity (Wildman–Crippen MR) is 119 cm³/mol. The Morgan fingerprint density at radius 3 is 2.43 bits per heavy atom. The number of rotatable bonds is 5. The van der Waals surface area contributed by atoms with Crippen molar-refractivity contribution >= 4 is 46.7 Å². The highest BCUT2D eigenvalue weighted by Crippen LogP contribution is 2.24. The molecule has 0 atom stereocenters. The van der Waals surface area contributed by atoms with Crippen molar-refractivity contribution in [1.82, 2.24) is 15.0 Å². The van der Waals surface area contributed by atoms with Gasteiger partial charge in [-0.3, -0.25) is 5.32 Å². The summed E-state index contributed by atoms with van der Waals surface area (Å²) in [5.74, 6) is 0.861. The van der Waals surface area contributed by atoms with Crippen LogP contribution < -0.4 is 15.5 Å². The van der Waals surface area contributed by atoms with Crippen LogP contribution in [0.15, 0.2) is 54.9 Å². The molecule has 3 aromatic rings. The second-order valence-corrected chi connectivity index (χ2v) is 7.91. The van der Waals surface area contributed by atoms with Gasteiger partial charge in [-0.1, -0.05) is 17.7 Å². The molecule has 2 aromatic carbocycles. The van der Waals surface area contributed by atoms with Gasteiger partial charge in [0.15, 0.2) is 0 Å². The van der Waals surface area contributed by atoms with Crippen LogP contribution in [0.1, 0.15) is 20.8 Å². The highest BCUT2D eigenvalue weighted by molar-refractivity contribution is 6.30. The smallest absolute Gasteiger partial charge is 0.412 e. The molecule has 156 valence electrons. The molecule has 0 aliphatic heterocycles. The molecule has 30 heavy (non-hydrogen) atoms. The lowest BCUT2D eigenvalue weighted by Gasteiger charge is -2.19. The summed E-state index contributed by atoms with van der Waals surface area (Å²) in [6.07, 6.45) is 0.929. The van der Waals surface area contributed by atoms with Crippen LogP contribution in [-0.2, 0) is 4.74 Å². The molecule has 0 spiro atoms. The fourth-order valence-corrected chi connectivity index (χ4v) is 2.68. The molecule has 0 saturated heterocycles. The lowest BCUT2D eigenvalue weighted by molar-refractivity contribution is 0.0636. The Labute approximate surface area is 180 Å². The van der Waals surface area contributed by atoms with E-state index >= 15 is 0 Å². The molecule has 1 heterocycles. The van der Waals surface area contributed by atoms with Crippen molar-refractivity contribution in [3.05, 3.63) is 59.9 Å². The van der Waals surface area contributed by atoms with Crippen molar-refractivity contribution in [3.63, 3.8) is 0 Å². The minimum absolute atomic E-state index is 0.390. The van der Waals surface area contributed by atoms with E-state index in [2.05, 4.69) is 25.6 Å². The number of halogens is 1. The first-order valence-corrected chi connectivity index (χ1v) is 9.63. The van der Waals surface area contributed by atoms with Crippen LogP contribution >= 0.6 is 11.6 Å². The number of aromatic nitrogens is 3. The number of amides is 1. The predicted octanol–water partition coefficient (Wildman–Crippen LogP) is 5.38. The van der Waals surface area contributed by atoms with Crippen LogP contribution in [0.3, 0.4) is 0 Å². The van der Waals surface area contributed by atoms with E-state index in [0.717, 1.165) is 11.4 Å². The molecule has 0 radical (unpaired) electrons. The zero-order chi connectivity index (χ0) is 21.7. The number of ether oxygens (including phenoxy) is 1. The normalized spacial score (nSPS) is 11.0. The maximum atomic E-state index is 11.9. The molecule has 1 aromatic heterocycles. The Kier molecular flexibility index (Phi) is 6.37. The van der Waals surface area contributed by atoms with E-state index in [1.54, 1.807) is 30.3 Å². The molecule has 0 saturated carbocycles. The average molecular weight is 427 g/mol. The first kappa shape index (κ1) is 21.3. The first-order valence-electron chi connectivity index (χ1n) is 9.25. The molecule has 0 aliphatic carbocycles. The molecule has 1 amide bonds. The molecular weight excluding hydrogens is 404 g/mol. The molecule has 0 fully saturated rings. The first-order chi connectivity index (χ1) is 14.2. The maximum Gasteiger partial charge on any atom is 0.412 e. The average Bonchev–Trinajstić information content (AvgIpc) is 2.68. The number of hydrogen-bond acceptors (Lipinski definition) is 7. The van der Waals surface area contributed by atoms with E-state index in [9.17, 15) is 4.79 Å². The summed E-state index contributed by atoms with van der Waals surface area (Å²) in [5.41, 5.74) is 1.68. The minimum Gasteiger partial charge on any atom is -0.444 e. The summed E-state index contributed by atoms with van der Waals surface area (Å²) >= 11 is 6.06. The van der Waals surface area contributed by atoms with Gasteiger partial charge in [0.25, 0.3) is 0 Å². The lowest BCUT2D eigenvalue weighted by Crippen LogP contribution is -2.27. The van der Waals surface area contributed by atoms with Crippen molar-refractivity contribution in [2.75, 3.05) is 22.6 Å². The van der Waals surface area contributed by atoms with Crippen LogP contribution in [0.25, 0.3) is 0 Å². The Bertz CT molecular complexity index is 1020. The fraction of sp³-hybridized carbons (Fsp3) is 0.238. The van der Waals surface area contributed by atoms with Crippen molar-refractivity contribution in [2.45, 2.75) is 26.4 Å². The summed E-state index contributed by atoms with van der Waals surface area (Å²) in [6.45, 7) is 5.44. The number of carbonyl (C=O) groups excluding carboxylic acids is 1. The lowest BCUT2D eigenvalue weighted by atomic mass is 10.2. The van der Waals surface area contributed by atoms with Gasteiger partial charge in [0.2, 0.25) is 11.9 Å². The van der Waals surface area contributed by atoms with E-state index in [1.165, 1.54) is 6.33 Å². The van der Waals surface area contributed by atoms with Crippen LogP contribution in [-0.4, -0.2) is 33.7 Å². The summed E-state index contributed by atoms with van der Waals surface area (Å²) in [6, 6.07) is 14.5. The molecule has 0 bridgehead atoms. The van der Waals surface area contributed by atoms with Gasteiger partial charge in [-0.15, -0.1) is 0 Å². The van der Waals surface area contributed by atoms with Crippen LogP contribution in [0.5, 0.6) is 0 Å². The zero-order valence-corrected chi connectivity index (χ0v) is 17.9. The molecule has 3 rings (SSSR count). The minimum atomic E-state index is -0.555. The summed E-state index contributed by atoms with van der Waals surface area (Å²) in [7, 11) is 1.85. The highest BCUT2D eigenvalue weighted by atomic mass is 35.5. The van der Waals surface area contributed by atoms with Crippen molar-refractivity contribution in [1.29, 1.82) is 0 Å². The van der Waals surface area contributed by atoms with Crippen LogP contribution in [0.2, 0.25) is 5.02 Å². The third-order valence-corrected chi connectivity index (χ3v) is 4.08. The molecule has 2 N–H and O–H groups in total. The van der Waals surface area contributed by atoms with Gasteiger partial charge >= 0.3 is 6.09 Å². The molecule has 0 unspecified atom stereocenters. The van der Waals surface area contributed by atoms with Crippen molar-refractivity contribution in [3.8, 4) is 0 Å². The van der Waals surface area contributed by atoms with Crippen LogP contribution in [0, 0.1) is 0 Å². The number of carbonyl (C=O) groups is 1. The monoisotopic (exact) mass is 426 g/mol. The summed E-state index contributed by atoms with van der Waals surface area (Å²) in [4.78, 5) is 26.5. The van der Waals surface area contributed by atoms with E-state index in [0.29, 0.717) is 22.6 Å². The maximum absolute atomic E-state index is 11.9. The Hall–Kier alpha value is -3.39. The molecule has 0 aliphatic rings. The quantitative estimate of drug-likeness (QED) is 0.565. The number of benzene rings is 2. The van der Waals surface area contributed by atoms with Gasteiger partial charge in [-0.25, -0.2) is 14.8 Å². The van der Waals surface area contributed by atoms with Gasteiger partial charge < -0.3 is 15.0 Å². The Morgan fingerprint density at radius 2 is 1.77 bits per heavy atom. The third-order valence-electron chi connectivity index (χ3n) is 3.84. The van der Waals surface area contributed by atoms with E-state index in [4.69, 9.17) is 16.3 Å². The number of nitrogens with one attached hydrogen (secondary N) is 2. The van der Waals surface area contributed by atoms with Gasteiger partial charge in [0, 0.05) is 29.1 Å². The Morgan fingerprint density at radius 1 is 1.07 bits per heavy atom. The topological polar surface area (TPSA) is 92.3 Å². The van der Waals surface area contributed by atoms with E-state index < -0.39 is 11.7 Å². The van der Waals surface area contributed by atoms with Crippen molar-refractivity contribution in [2.24, 2.45) is 0 Å². The largest absolute Gasteiger partial charge is 0.444 e. The molecule has 8 nitrogen and oxygen atoms in total. The molecule has 9 heteroatoms. The fourth-order valence-electron chi connectivity index (χ4n) is 2.50. The van der Waals surface area contributed by atoms with E-state index in [1.807, 2.05) is 50.9 Å². The van der Waals surface area contributed by atoms with Gasteiger partial charge in [-0.2, -0.15) is 4.98 Å². The summed E-state index contributed by atoms with van der Waals surface area (Å²) in [5, 5.41) is 6.44. The van der Waals surface area contributed by atoms with Crippen molar-refractivity contribution < 1.29 is 9.53 Å². The second-order valence-electron chi connectivity index (χ2n) is 7.48. The standard InChI is InChI=1S/C21H23ClN6O2/c1-21(2,3)30-20(29)26-16-10-8-15(9-11-16)25-18-23-13-24-19(27-18)28(4)17-7-5-6-14(22)12-17/h5-13H,1-4H3,(H,26,29)(H,23,24,25,27). The zero-order valence-electron chi connectivity index (χ0n) is 17.2. The number of hydrogen-bond donors (Lipinski definition) is 2. The van der Waals surface area contributed by atoms with Gasteiger partial charge in [0.1, 0.15) is 11.9 Å². The molecular formula is C21H23ClN6O2. The Balaban J connectivity index is 1.67.